The molecular weight excluding hydrogens is 228 g/mol. The number of rotatable bonds is 5. The van der Waals surface area contributed by atoms with Crippen molar-refractivity contribution in [3.05, 3.63) is 29.8 Å². The third kappa shape index (κ3) is 3.58. The standard InChI is InChI=1S/C11H15F2N3O/c1-2-7(6-10(14)16-17)15-11-8(12)4-3-5-9(11)13/h3-5,7,15,17H,2,6H2,1H3,(H2,14,16). The first kappa shape index (κ1) is 13.2. The van der Waals surface area contributed by atoms with Crippen molar-refractivity contribution in [1.82, 2.24) is 0 Å². The number of anilines is 1. The van der Waals surface area contributed by atoms with E-state index in [1.807, 2.05) is 6.92 Å². The van der Waals surface area contributed by atoms with E-state index in [9.17, 15) is 8.78 Å². The van der Waals surface area contributed by atoms with Gasteiger partial charge in [-0.1, -0.05) is 18.1 Å². The van der Waals surface area contributed by atoms with Crippen LogP contribution in [0.25, 0.3) is 0 Å². The lowest BCUT2D eigenvalue weighted by Crippen LogP contribution is -2.27. The number of nitrogens with two attached hydrogens (primary N) is 1. The minimum Gasteiger partial charge on any atom is -0.409 e. The van der Waals surface area contributed by atoms with E-state index in [2.05, 4.69) is 10.5 Å². The van der Waals surface area contributed by atoms with Gasteiger partial charge >= 0.3 is 0 Å². The minimum absolute atomic E-state index is 0.0149. The Morgan fingerprint density at radius 2 is 2.06 bits per heavy atom. The molecule has 0 radical (unpaired) electrons. The highest BCUT2D eigenvalue weighted by Gasteiger charge is 2.14. The van der Waals surface area contributed by atoms with Crippen molar-refractivity contribution >= 4 is 11.5 Å². The molecule has 1 aromatic rings. The maximum atomic E-state index is 13.4. The molecule has 0 bridgehead atoms. The van der Waals surface area contributed by atoms with Crippen molar-refractivity contribution < 1.29 is 14.0 Å². The van der Waals surface area contributed by atoms with Crippen LogP contribution >= 0.6 is 0 Å². The van der Waals surface area contributed by atoms with Crippen LogP contribution < -0.4 is 11.1 Å². The number of hydrogen-bond donors (Lipinski definition) is 3. The van der Waals surface area contributed by atoms with Crippen LogP contribution in [0.3, 0.4) is 0 Å². The molecule has 17 heavy (non-hydrogen) atoms. The van der Waals surface area contributed by atoms with Crippen LogP contribution in [0.1, 0.15) is 19.8 Å². The molecule has 0 aliphatic rings. The van der Waals surface area contributed by atoms with E-state index in [0.29, 0.717) is 6.42 Å². The highest BCUT2D eigenvalue weighted by molar-refractivity contribution is 5.80. The SMILES string of the molecule is CCC(C/C(N)=N/O)Nc1c(F)cccc1F. The van der Waals surface area contributed by atoms with Crippen molar-refractivity contribution in [2.24, 2.45) is 10.9 Å². The van der Waals surface area contributed by atoms with Crippen LogP contribution in [-0.2, 0) is 0 Å². The zero-order valence-electron chi connectivity index (χ0n) is 9.45. The summed E-state index contributed by atoms with van der Waals surface area (Å²) in [6.45, 7) is 1.83. The van der Waals surface area contributed by atoms with Gasteiger partial charge in [0.15, 0.2) is 0 Å². The Hall–Kier alpha value is -1.85. The van der Waals surface area contributed by atoms with E-state index >= 15 is 0 Å². The van der Waals surface area contributed by atoms with Crippen LogP contribution in [0.4, 0.5) is 14.5 Å². The number of oxime groups is 1. The molecule has 4 nitrogen and oxygen atoms in total. The van der Waals surface area contributed by atoms with E-state index in [-0.39, 0.29) is 24.0 Å². The van der Waals surface area contributed by atoms with E-state index in [4.69, 9.17) is 10.9 Å². The molecule has 0 saturated carbocycles. The van der Waals surface area contributed by atoms with Gasteiger partial charge in [-0.3, -0.25) is 0 Å². The first-order valence-corrected chi connectivity index (χ1v) is 5.25. The summed E-state index contributed by atoms with van der Waals surface area (Å²) in [6.07, 6.45) is 0.796. The van der Waals surface area contributed by atoms with Gasteiger partial charge < -0.3 is 16.3 Å². The molecule has 6 heteroatoms. The fourth-order valence-electron chi connectivity index (χ4n) is 1.43. The molecule has 1 aromatic carbocycles. The third-order valence-electron chi connectivity index (χ3n) is 2.39. The number of nitrogens with zero attached hydrogens (tertiary/aromatic N) is 1. The van der Waals surface area contributed by atoms with Gasteiger partial charge in [0.25, 0.3) is 0 Å². The fraction of sp³-hybridized carbons (Fsp3) is 0.364. The van der Waals surface area contributed by atoms with Crippen LogP contribution in [0, 0.1) is 11.6 Å². The van der Waals surface area contributed by atoms with Crippen LogP contribution in [-0.4, -0.2) is 17.1 Å². The highest BCUT2D eigenvalue weighted by atomic mass is 19.1. The van der Waals surface area contributed by atoms with Crippen molar-refractivity contribution in [2.75, 3.05) is 5.32 Å². The predicted octanol–water partition coefficient (Wildman–Crippen LogP) is 2.29. The quantitative estimate of drug-likeness (QED) is 0.321. The molecule has 94 valence electrons. The lowest BCUT2D eigenvalue weighted by molar-refractivity contribution is 0.316. The zero-order valence-corrected chi connectivity index (χ0v) is 9.45. The minimum atomic E-state index is -0.664. The van der Waals surface area contributed by atoms with Crippen molar-refractivity contribution in [3.63, 3.8) is 0 Å². The van der Waals surface area contributed by atoms with Gasteiger partial charge in [-0.15, -0.1) is 0 Å². The number of hydrogen-bond acceptors (Lipinski definition) is 3. The van der Waals surface area contributed by atoms with Gasteiger partial charge in [0.05, 0.1) is 0 Å². The van der Waals surface area contributed by atoms with Gasteiger partial charge in [-0.25, -0.2) is 8.78 Å². The van der Waals surface area contributed by atoms with Crippen molar-refractivity contribution in [1.29, 1.82) is 0 Å². The molecule has 1 atom stereocenters. The summed E-state index contributed by atoms with van der Waals surface area (Å²) in [6, 6.07) is 3.33. The monoisotopic (exact) mass is 243 g/mol. The number of nitrogens with one attached hydrogen (secondary N) is 1. The zero-order chi connectivity index (χ0) is 12.8. The van der Waals surface area contributed by atoms with Crippen LogP contribution in [0.15, 0.2) is 23.4 Å². The van der Waals surface area contributed by atoms with Gasteiger partial charge in [0, 0.05) is 12.5 Å². The Labute approximate surface area is 98.1 Å². The predicted molar refractivity (Wildman–Crippen MR) is 62.1 cm³/mol. The second kappa shape index (κ2) is 6.03. The number of halogens is 2. The number of para-hydroxylation sites is 1. The van der Waals surface area contributed by atoms with E-state index in [1.54, 1.807) is 0 Å². The van der Waals surface area contributed by atoms with E-state index < -0.39 is 11.6 Å². The summed E-state index contributed by atoms with van der Waals surface area (Å²) in [5.74, 6) is -1.31. The topological polar surface area (TPSA) is 70.6 Å². The second-order valence-electron chi connectivity index (χ2n) is 3.64. The Morgan fingerprint density at radius 3 is 2.53 bits per heavy atom. The smallest absolute Gasteiger partial charge is 0.149 e. The molecule has 0 heterocycles. The summed E-state index contributed by atoms with van der Waals surface area (Å²) in [5, 5.41) is 14.0. The average molecular weight is 243 g/mol. The van der Waals surface area contributed by atoms with Gasteiger partial charge in [-0.05, 0) is 18.6 Å². The Kier molecular flexibility index (Phi) is 4.68. The molecule has 0 aliphatic carbocycles. The summed E-state index contributed by atoms with van der Waals surface area (Å²) in [7, 11) is 0. The van der Waals surface area contributed by atoms with E-state index in [0.717, 1.165) is 0 Å². The number of benzene rings is 1. The molecule has 0 spiro atoms. The summed E-state index contributed by atoms with van der Waals surface area (Å²) in [4.78, 5) is 0. The van der Waals surface area contributed by atoms with Gasteiger partial charge in [0.2, 0.25) is 0 Å². The summed E-state index contributed by atoms with van der Waals surface area (Å²) < 4.78 is 26.7. The highest BCUT2D eigenvalue weighted by Crippen LogP contribution is 2.20. The first-order valence-electron chi connectivity index (χ1n) is 5.25. The molecule has 1 rings (SSSR count). The second-order valence-corrected chi connectivity index (χ2v) is 3.64. The van der Waals surface area contributed by atoms with Crippen molar-refractivity contribution in [2.45, 2.75) is 25.8 Å². The molecule has 0 saturated heterocycles. The Morgan fingerprint density at radius 1 is 1.47 bits per heavy atom. The van der Waals surface area contributed by atoms with Crippen LogP contribution in [0.5, 0.6) is 0 Å². The lowest BCUT2D eigenvalue weighted by Gasteiger charge is -2.18. The Bertz CT molecular complexity index is 389. The molecule has 1 unspecified atom stereocenters. The number of amidine groups is 1. The molecule has 0 fully saturated rings. The maximum absolute atomic E-state index is 13.4. The van der Waals surface area contributed by atoms with Gasteiger partial charge in [0.1, 0.15) is 23.2 Å². The molecule has 0 amide bonds. The molecular formula is C11H15F2N3O. The summed E-state index contributed by atoms with van der Waals surface area (Å²) in [5.41, 5.74) is 5.16. The molecule has 4 N–H and O–H groups in total. The van der Waals surface area contributed by atoms with Crippen molar-refractivity contribution in [3.8, 4) is 0 Å². The lowest BCUT2D eigenvalue weighted by atomic mass is 10.1. The summed E-state index contributed by atoms with van der Waals surface area (Å²) >= 11 is 0. The average Bonchev–Trinajstić information content (AvgIpc) is 2.32. The van der Waals surface area contributed by atoms with E-state index in [1.165, 1.54) is 18.2 Å². The normalized spacial score (nSPS) is 13.5. The third-order valence-corrected chi connectivity index (χ3v) is 2.39. The van der Waals surface area contributed by atoms with Crippen LogP contribution in [0.2, 0.25) is 0 Å². The van der Waals surface area contributed by atoms with Gasteiger partial charge in [-0.2, -0.15) is 0 Å². The first-order chi connectivity index (χ1) is 8.08. The maximum Gasteiger partial charge on any atom is 0.149 e. The largest absolute Gasteiger partial charge is 0.409 e. The molecule has 0 aliphatic heterocycles. The fourth-order valence-corrected chi connectivity index (χ4v) is 1.43. The molecule has 0 aromatic heterocycles. The Balaban J connectivity index is 2.80.